The van der Waals surface area contributed by atoms with Gasteiger partial charge in [0.15, 0.2) is 5.79 Å². The monoisotopic (exact) mass is 485 g/mol. The third kappa shape index (κ3) is 3.57. The molecule has 5 nitrogen and oxygen atoms in total. The third-order valence-corrected chi connectivity index (χ3v) is 11.9. The number of amides is 1. The summed E-state index contributed by atoms with van der Waals surface area (Å²) in [5.41, 5.74) is 2.19. The average molecular weight is 486 g/mol. The summed E-state index contributed by atoms with van der Waals surface area (Å²) in [7, 11) is 0. The molecule has 3 saturated carbocycles. The summed E-state index contributed by atoms with van der Waals surface area (Å²) in [6.45, 7) is 13.3. The lowest BCUT2D eigenvalue weighted by Gasteiger charge is -2.58. The summed E-state index contributed by atoms with van der Waals surface area (Å²) in [6.07, 6.45) is 13.1. The van der Waals surface area contributed by atoms with Crippen molar-refractivity contribution in [2.75, 3.05) is 13.2 Å². The van der Waals surface area contributed by atoms with E-state index in [0.717, 1.165) is 50.0 Å². The number of allylic oxidation sites excluding steroid dienone is 1. The van der Waals surface area contributed by atoms with E-state index in [2.05, 4.69) is 39.1 Å². The predicted molar refractivity (Wildman–Crippen MR) is 136 cm³/mol. The first-order valence-corrected chi connectivity index (χ1v) is 14.7. The van der Waals surface area contributed by atoms with Crippen LogP contribution in [0.3, 0.4) is 0 Å². The van der Waals surface area contributed by atoms with E-state index in [1.807, 2.05) is 6.92 Å². The zero-order valence-electron chi connectivity index (χ0n) is 22.6. The van der Waals surface area contributed by atoms with Crippen molar-refractivity contribution in [3.05, 3.63) is 11.6 Å². The zero-order chi connectivity index (χ0) is 24.6. The van der Waals surface area contributed by atoms with Crippen molar-refractivity contribution in [2.24, 2.45) is 46.3 Å². The maximum absolute atomic E-state index is 12.0. The topological polar surface area (TPSA) is 56.8 Å². The number of ether oxygens (including phenoxy) is 3. The Labute approximate surface area is 212 Å². The Morgan fingerprint density at radius 1 is 1.14 bits per heavy atom. The molecule has 11 atom stereocenters. The summed E-state index contributed by atoms with van der Waals surface area (Å²) < 4.78 is 19.2. The van der Waals surface area contributed by atoms with Gasteiger partial charge in [0.2, 0.25) is 0 Å². The highest BCUT2D eigenvalue weighted by Gasteiger charge is 2.68. The molecule has 5 fully saturated rings. The van der Waals surface area contributed by atoms with Crippen LogP contribution in [0.4, 0.5) is 4.79 Å². The van der Waals surface area contributed by atoms with Crippen LogP contribution in [0.1, 0.15) is 92.4 Å². The molecule has 196 valence electrons. The molecule has 6 rings (SSSR count). The summed E-state index contributed by atoms with van der Waals surface area (Å²) in [6, 6.07) is 0. The van der Waals surface area contributed by atoms with E-state index in [9.17, 15) is 4.79 Å². The Kier molecular flexibility index (Phi) is 5.88. The Balaban J connectivity index is 1.20. The Morgan fingerprint density at radius 3 is 2.71 bits per heavy atom. The Bertz CT molecular complexity index is 878. The number of fused-ring (bicyclic) bond motifs is 7. The highest BCUT2D eigenvalue weighted by molar-refractivity contribution is 5.67. The summed E-state index contributed by atoms with van der Waals surface area (Å²) >= 11 is 0. The Morgan fingerprint density at radius 2 is 1.97 bits per heavy atom. The number of hydrogen-bond acceptors (Lipinski definition) is 4. The highest BCUT2D eigenvalue weighted by atomic mass is 16.7. The van der Waals surface area contributed by atoms with Gasteiger partial charge in [-0.05, 0) is 92.3 Å². The fourth-order valence-electron chi connectivity index (χ4n) is 10.1. The molecule has 2 saturated heterocycles. The highest BCUT2D eigenvalue weighted by Crippen LogP contribution is 2.70. The minimum Gasteiger partial charge on any atom is -0.446 e. The van der Waals surface area contributed by atoms with Crippen molar-refractivity contribution in [1.29, 1.82) is 0 Å². The lowest BCUT2D eigenvalue weighted by Crippen LogP contribution is -2.52. The van der Waals surface area contributed by atoms with E-state index in [0.29, 0.717) is 35.8 Å². The lowest BCUT2D eigenvalue weighted by atomic mass is 9.47. The standard InChI is InChI=1S/C30H47NO4/c1-6-31-27(32)34-21-10-12-28(4)20(15-21)7-8-22-23(28)11-13-29(5)24(22)16-25-26(29)19(3)30(35-25)14-9-18(2)17-33-30/h7,18-19,21-26H,6,8-17H2,1-5H3,(H,31,32)/t18-,19+,21+,22-,23+,24+,25+,26+,28+,29+,30-/m1/s1. The van der Waals surface area contributed by atoms with Gasteiger partial charge in [0.05, 0.1) is 12.7 Å². The van der Waals surface area contributed by atoms with Gasteiger partial charge in [-0.15, -0.1) is 0 Å². The normalized spacial score (nSPS) is 52.7. The van der Waals surface area contributed by atoms with Crippen LogP contribution < -0.4 is 5.32 Å². The smallest absolute Gasteiger partial charge is 0.407 e. The number of nitrogens with one attached hydrogen (secondary N) is 1. The van der Waals surface area contributed by atoms with Gasteiger partial charge in [-0.1, -0.05) is 39.3 Å². The van der Waals surface area contributed by atoms with Crippen LogP contribution in [0, 0.1) is 46.3 Å². The van der Waals surface area contributed by atoms with Crippen molar-refractivity contribution in [3.8, 4) is 0 Å². The minimum absolute atomic E-state index is 0.0285. The number of carbonyl (C=O) groups excluding carboxylic acids is 1. The molecule has 0 radical (unpaired) electrons. The molecular formula is C30H47NO4. The van der Waals surface area contributed by atoms with Gasteiger partial charge < -0.3 is 19.5 Å². The van der Waals surface area contributed by atoms with Crippen LogP contribution >= 0.6 is 0 Å². The van der Waals surface area contributed by atoms with Crippen molar-refractivity contribution in [1.82, 2.24) is 5.32 Å². The molecule has 0 unspecified atom stereocenters. The van der Waals surface area contributed by atoms with Gasteiger partial charge in [0.1, 0.15) is 6.10 Å². The number of rotatable bonds is 2. The van der Waals surface area contributed by atoms with Gasteiger partial charge in [0, 0.05) is 25.3 Å². The molecule has 2 aliphatic heterocycles. The molecule has 35 heavy (non-hydrogen) atoms. The molecule has 4 aliphatic carbocycles. The third-order valence-electron chi connectivity index (χ3n) is 11.9. The van der Waals surface area contributed by atoms with Crippen molar-refractivity contribution in [3.63, 3.8) is 0 Å². The molecule has 0 aromatic heterocycles. The van der Waals surface area contributed by atoms with Gasteiger partial charge in [-0.2, -0.15) is 0 Å². The molecule has 1 N–H and O–H groups in total. The van der Waals surface area contributed by atoms with E-state index < -0.39 is 0 Å². The quantitative estimate of drug-likeness (QED) is 0.456. The second-order valence-electron chi connectivity index (χ2n) is 13.6. The molecule has 0 aromatic carbocycles. The Hall–Kier alpha value is -1.07. The van der Waals surface area contributed by atoms with Crippen LogP contribution in [0.25, 0.3) is 0 Å². The predicted octanol–water partition coefficient (Wildman–Crippen LogP) is 6.47. The molecule has 0 aromatic rings. The van der Waals surface area contributed by atoms with Gasteiger partial charge in [-0.3, -0.25) is 0 Å². The van der Waals surface area contributed by atoms with E-state index in [4.69, 9.17) is 14.2 Å². The molecule has 1 amide bonds. The van der Waals surface area contributed by atoms with E-state index in [-0.39, 0.29) is 23.4 Å². The number of carbonyl (C=O) groups is 1. The van der Waals surface area contributed by atoms with Crippen LogP contribution in [0.2, 0.25) is 0 Å². The second-order valence-corrected chi connectivity index (χ2v) is 13.6. The zero-order valence-corrected chi connectivity index (χ0v) is 22.6. The van der Waals surface area contributed by atoms with Crippen molar-refractivity contribution >= 4 is 6.09 Å². The van der Waals surface area contributed by atoms with E-state index in [1.165, 1.54) is 32.1 Å². The first-order valence-electron chi connectivity index (χ1n) is 14.7. The maximum atomic E-state index is 12.0. The van der Waals surface area contributed by atoms with E-state index in [1.54, 1.807) is 5.57 Å². The number of alkyl carbamates (subject to hydrolysis) is 1. The first-order chi connectivity index (χ1) is 16.7. The van der Waals surface area contributed by atoms with Crippen LogP contribution in [0.5, 0.6) is 0 Å². The average Bonchev–Trinajstić information content (AvgIpc) is 3.26. The summed E-state index contributed by atoms with van der Waals surface area (Å²) in [5, 5.41) is 2.79. The molecule has 0 bridgehead atoms. The molecular weight excluding hydrogens is 438 g/mol. The minimum atomic E-state index is -0.319. The number of hydrogen-bond donors (Lipinski definition) is 1. The van der Waals surface area contributed by atoms with Crippen molar-refractivity contribution < 1.29 is 19.0 Å². The maximum Gasteiger partial charge on any atom is 0.407 e. The van der Waals surface area contributed by atoms with Crippen LogP contribution in [-0.2, 0) is 14.2 Å². The fraction of sp³-hybridized carbons (Fsp3) is 0.900. The molecule has 5 heteroatoms. The molecule has 6 aliphatic rings. The molecule has 1 spiro atoms. The largest absolute Gasteiger partial charge is 0.446 e. The summed E-state index contributed by atoms with van der Waals surface area (Å²) in [5.74, 6) is 3.70. The SMILES string of the molecule is CCNC(=O)O[C@H]1CC[C@@]2(C)C(=CC[C@H]3[C@@H]4C[C@@H]5O[C@]6(CC[C@@H](C)CO6)[C@@H](C)[C@@H]5[C@@]4(C)CC[C@@H]32)C1. The first kappa shape index (κ1) is 24.3. The van der Waals surface area contributed by atoms with Crippen molar-refractivity contribution in [2.45, 2.75) is 110 Å². The lowest BCUT2D eigenvalue weighted by molar-refractivity contribution is -0.272. The van der Waals surface area contributed by atoms with Crippen LogP contribution in [-0.4, -0.2) is 37.2 Å². The van der Waals surface area contributed by atoms with Gasteiger partial charge in [-0.25, -0.2) is 4.79 Å². The second kappa shape index (κ2) is 8.48. The van der Waals surface area contributed by atoms with Gasteiger partial charge >= 0.3 is 6.09 Å². The molecule has 2 heterocycles. The fourth-order valence-corrected chi connectivity index (χ4v) is 10.1. The van der Waals surface area contributed by atoms with E-state index >= 15 is 0 Å². The van der Waals surface area contributed by atoms with Crippen LogP contribution in [0.15, 0.2) is 11.6 Å². The van der Waals surface area contributed by atoms with Gasteiger partial charge in [0.25, 0.3) is 0 Å². The summed E-state index contributed by atoms with van der Waals surface area (Å²) in [4.78, 5) is 12.0.